The second kappa shape index (κ2) is 7.85. The number of rotatable bonds is 9. The van der Waals surface area contributed by atoms with Gasteiger partial charge in [0.05, 0.1) is 5.75 Å². The largest absolute Gasteiger partial charge is 0.342 e. The van der Waals surface area contributed by atoms with Crippen molar-refractivity contribution < 1.29 is 13.2 Å². The van der Waals surface area contributed by atoms with E-state index in [0.29, 0.717) is 13.0 Å². The number of unbranched alkanes of at least 4 members (excludes halogenated alkanes) is 5. The molecule has 1 aliphatic heterocycles. The first-order chi connectivity index (χ1) is 8.92. The van der Waals surface area contributed by atoms with Crippen LogP contribution in [0.4, 0.5) is 0 Å². The van der Waals surface area contributed by atoms with Crippen LogP contribution >= 0.6 is 0 Å². The quantitative estimate of drug-likeness (QED) is 0.653. The number of primary sulfonamides is 1. The Labute approximate surface area is 116 Å². The van der Waals surface area contributed by atoms with E-state index in [-0.39, 0.29) is 17.6 Å². The Morgan fingerprint density at radius 3 is 2.47 bits per heavy atom. The van der Waals surface area contributed by atoms with Gasteiger partial charge < -0.3 is 4.90 Å². The van der Waals surface area contributed by atoms with E-state index >= 15 is 0 Å². The third-order valence-electron chi connectivity index (χ3n) is 3.54. The van der Waals surface area contributed by atoms with Crippen molar-refractivity contribution in [1.82, 2.24) is 4.90 Å². The Morgan fingerprint density at radius 1 is 1.21 bits per heavy atom. The number of hydrogen-bond acceptors (Lipinski definition) is 3. The van der Waals surface area contributed by atoms with Crippen molar-refractivity contribution in [2.24, 2.45) is 11.1 Å². The fraction of sp³-hybridized carbons (Fsp3) is 0.923. The highest BCUT2D eigenvalue weighted by Crippen LogP contribution is 2.19. The van der Waals surface area contributed by atoms with Crippen molar-refractivity contribution >= 4 is 15.9 Å². The van der Waals surface area contributed by atoms with Crippen molar-refractivity contribution in [2.45, 2.75) is 51.9 Å². The molecule has 5 nitrogen and oxygen atoms in total. The lowest BCUT2D eigenvalue weighted by Crippen LogP contribution is -2.28. The van der Waals surface area contributed by atoms with Crippen LogP contribution in [-0.4, -0.2) is 38.1 Å². The van der Waals surface area contributed by atoms with E-state index in [0.717, 1.165) is 19.4 Å². The maximum Gasteiger partial charge on any atom is 0.222 e. The van der Waals surface area contributed by atoms with Crippen LogP contribution in [0.15, 0.2) is 0 Å². The monoisotopic (exact) mass is 290 g/mol. The second-order valence-electron chi connectivity index (χ2n) is 5.51. The third kappa shape index (κ3) is 6.92. The molecule has 1 heterocycles. The fourth-order valence-electron chi connectivity index (χ4n) is 2.59. The van der Waals surface area contributed by atoms with E-state index < -0.39 is 10.0 Å². The molecular formula is C13H26N2O3S. The van der Waals surface area contributed by atoms with Gasteiger partial charge in [0, 0.05) is 25.4 Å². The van der Waals surface area contributed by atoms with Gasteiger partial charge in [0.1, 0.15) is 0 Å². The van der Waals surface area contributed by atoms with E-state index in [9.17, 15) is 13.2 Å². The van der Waals surface area contributed by atoms with Gasteiger partial charge in [-0.05, 0) is 6.42 Å². The summed E-state index contributed by atoms with van der Waals surface area (Å²) in [6.45, 7) is 3.49. The molecule has 0 aromatic rings. The summed E-state index contributed by atoms with van der Waals surface area (Å²) >= 11 is 0. The molecule has 2 N–H and O–H groups in total. The summed E-state index contributed by atoms with van der Waals surface area (Å²) in [6.07, 6.45) is 7.47. The van der Waals surface area contributed by atoms with Crippen molar-refractivity contribution in [2.75, 3.05) is 18.8 Å². The van der Waals surface area contributed by atoms with Crippen LogP contribution in [0.1, 0.15) is 51.9 Å². The minimum Gasteiger partial charge on any atom is -0.342 e. The van der Waals surface area contributed by atoms with Crippen LogP contribution in [-0.2, 0) is 14.8 Å². The summed E-state index contributed by atoms with van der Waals surface area (Å²) in [5, 5.41) is 5.02. The predicted octanol–water partition coefficient (Wildman–Crippen LogP) is 1.48. The van der Waals surface area contributed by atoms with E-state index in [4.69, 9.17) is 5.14 Å². The van der Waals surface area contributed by atoms with Crippen LogP contribution in [0.2, 0.25) is 0 Å². The molecule has 0 spiro atoms. The fourth-order valence-corrected chi connectivity index (χ4v) is 3.47. The summed E-state index contributed by atoms with van der Waals surface area (Å²) in [4.78, 5) is 13.5. The Morgan fingerprint density at radius 2 is 1.84 bits per heavy atom. The lowest BCUT2D eigenvalue weighted by atomic mass is 10.1. The predicted molar refractivity (Wildman–Crippen MR) is 76.0 cm³/mol. The standard InChI is InChI=1S/C13H26N2O3S/c1-2-3-4-5-6-7-8-15-10-12(9-13(15)16)11-19(14,17)18/h12H,2-11H2,1H3,(H2,14,17,18). The molecule has 1 atom stereocenters. The van der Waals surface area contributed by atoms with E-state index in [1.807, 2.05) is 0 Å². The lowest BCUT2D eigenvalue weighted by molar-refractivity contribution is -0.127. The molecule has 112 valence electrons. The van der Waals surface area contributed by atoms with Gasteiger partial charge in [-0.25, -0.2) is 13.6 Å². The highest BCUT2D eigenvalue weighted by molar-refractivity contribution is 7.89. The average Bonchev–Trinajstić information content (AvgIpc) is 2.61. The Balaban J connectivity index is 2.19. The van der Waals surface area contributed by atoms with E-state index in [1.165, 1.54) is 25.7 Å². The third-order valence-corrected chi connectivity index (χ3v) is 4.48. The first kappa shape index (κ1) is 16.4. The molecule has 1 fully saturated rings. The van der Waals surface area contributed by atoms with Crippen LogP contribution in [0, 0.1) is 5.92 Å². The number of likely N-dealkylation sites (tertiary alicyclic amines) is 1. The maximum atomic E-state index is 11.7. The van der Waals surface area contributed by atoms with Crippen molar-refractivity contribution in [1.29, 1.82) is 0 Å². The van der Waals surface area contributed by atoms with Crippen molar-refractivity contribution in [3.63, 3.8) is 0 Å². The zero-order valence-electron chi connectivity index (χ0n) is 11.8. The molecule has 1 amide bonds. The highest BCUT2D eigenvalue weighted by atomic mass is 32.2. The highest BCUT2D eigenvalue weighted by Gasteiger charge is 2.31. The van der Waals surface area contributed by atoms with Gasteiger partial charge >= 0.3 is 0 Å². The van der Waals surface area contributed by atoms with Gasteiger partial charge in [-0.15, -0.1) is 0 Å². The number of carbonyl (C=O) groups is 1. The number of amides is 1. The van der Waals surface area contributed by atoms with Crippen LogP contribution in [0.25, 0.3) is 0 Å². The zero-order valence-corrected chi connectivity index (χ0v) is 12.6. The molecule has 0 bridgehead atoms. The number of sulfonamides is 1. The number of carbonyl (C=O) groups excluding carboxylic acids is 1. The molecule has 19 heavy (non-hydrogen) atoms. The van der Waals surface area contributed by atoms with Gasteiger partial charge in [-0.2, -0.15) is 0 Å². The molecule has 0 saturated carbocycles. The summed E-state index contributed by atoms with van der Waals surface area (Å²) in [5.74, 6) is -0.129. The summed E-state index contributed by atoms with van der Waals surface area (Å²) in [7, 11) is -3.47. The van der Waals surface area contributed by atoms with E-state index in [1.54, 1.807) is 4.90 Å². The smallest absolute Gasteiger partial charge is 0.222 e. The molecule has 0 aromatic heterocycles. The SMILES string of the molecule is CCCCCCCCN1CC(CS(N)(=O)=O)CC1=O. The van der Waals surface area contributed by atoms with Crippen LogP contribution in [0.3, 0.4) is 0 Å². The Hall–Kier alpha value is -0.620. The lowest BCUT2D eigenvalue weighted by Gasteiger charge is -2.16. The van der Waals surface area contributed by atoms with Crippen molar-refractivity contribution in [3.8, 4) is 0 Å². The Kier molecular flexibility index (Phi) is 6.79. The molecule has 1 saturated heterocycles. The molecule has 1 rings (SSSR count). The number of nitrogens with zero attached hydrogens (tertiary/aromatic N) is 1. The minimum atomic E-state index is -3.47. The number of hydrogen-bond donors (Lipinski definition) is 1. The molecule has 6 heteroatoms. The normalized spacial score (nSPS) is 20.2. The second-order valence-corrected chi connectivity index (χ2v) is 7.17. The van der Waals surface area contributed by atoms with Gasteiger partial charge in [0.2, 0.25) is 15.9 Å². The molecule has 0 radical (unpaired) electrons. The van der Waals surface area contributed by atoms with Crippen LogP contribution in [0.5, 0.6) is 0 Å². The maximum absolute atomic E-state index is 11.7. The zero-order chi connectivity index (χ0) is 14.3. The van der Waals surface area contributed by atoms with Gasteiger partial charge in [0.15, 0.2) is 0 Å². The summed E-state index contributed by atoms with van der Waals surface area (Å²) < 4.78 is 22.0. The Bertz CT molecular complexity index is 381. The molecular weight excluding hydrogens is 264 g/mol. The van der Waals surface area contributed by atoms with Gasteiger partial charge in [-0.3, -0.25) is 4.79 Å². The minimum absolute atomic E-state index is 0.0715. The topological polar surface area (TPSA) is 80.5 Å². The molecule has 1 unspecified atom stereocenters. The van der Waals surface area contributed by atoms with Gasteiger partial charge in [-0.1, -0.05) is 39.0 Å². The van der Waals surface area contributed by atoms with Crippen LogP contribution < -0.4 is 5.14 Å². The first-order valence-corrected chi connectivity index (χ1v) is 8.92. The average molecular weight is 290 g/mol. The first-order valence-electron chi connectivity index (χ1n) is 7.20. The molecule has 0 aliphatic carbocycles. The molecule has 0 aromatic carbocycles. The van der Waals surface area contributed by atoms with E-state index in [2.05, 4.69) is 6.92 Å². The number of nitrogens with two attached hydrogens (primary N) is 1. The molecule has 1 aliphatic rings. The summed E-state index contributed by atoms with van der Waals surface area (Å²) in [6, 6.07) is 0. The van der Waals surface area contributed by atoms with Gasteiger partial charge in [0.25, 0.3) is 0 Å². The summed E-state index contributed by atoms with van der Waals surface area (Å²) in [5.41, 5.74) is 0. The van der Waals surface area contributed by atoms with Crippen molar-refractivity contribution in [3.05, 3.63) is 0 Å².